The summed E-state index contributed by atoms with van der Waals surface area (Å²) in [4.78, 5) is 5.38. The highest BCUT2D eigenvalue weighted by Crippen LogP contribution is 2.55. The summed E-state index contributed by atoms with van der Waals surface area (Å²) < 4.78 is 0. The van der Waals surface area contributed by atoms with Crippen molar-refractivity contribution in [3.8, 4) is 0 Å². The van der Waals surface area contributed by atoms with Crippen molar-refractivity contribution in [2.45, 2.75) is 88.8 Å². The van der Waals surface area contributed by atoms with E-state index in [9.17, 15) is 0 Å². The second kappa shape index (κ2) is 15.3. The zero-order chi connectivity index (χ0) is 42.0. The molecule has 0 aliphatic heterocycles. The van der Waals surface area contributed by atoms with Gasteiger partial charge in [-0.3, -0.25) is 0 Å². The van der Waals surface area contributed by atoms with Gasteiger partial charge in [0.25, 0.3) is 0 Å². The largest absolute Gasteiger partial charge is 0.358 e. The van der Waals surface area contributed by atoms with Gasteiger partial charge in [-0.2, -0.15) is 0 Å². The van der Waals surface area contributed by atoms with Gasteiger partial charge in [0, 0.05) is 28.4 Å². The topological polar surface area (TPSA) is 6.48 Å². The van der Waals surface area contributed by atoms with Gasteiger partial charge >= 0.3 is 0 Å². The fourth-order valence-corrected chi connectivity index (χ4v) is 12.2. The first-order valence-corrected chi connectivity index (χ1v) is 23.1. The second-order valence-corrected chi connectivity index (χ2v) is 19.5. The number of allylic oxidation sites excluding steroid dienone is 13. The Morgan fingerprint density at radius 2 is 1.29 bits per heavy atom. The average molecular weight is 807 g/mol. The van der Waals surface area contributed by atoms with E-state index in [1.54, 1.807) is 5.57 Å². The van der Waals surface area contributed by atoms with Crippen LogP contribution in [0.2, 0.25) is 0 Å². The standard InChI is InChI=1S/C60H58N2/c1-59(2)55-26-16-14-24-50(55)52-36-33-47(39-57(52)59)61(43-20-10-6-11-21-43)45-30-28-42(29-31-45)49-35-32-46(38-54(49)41-18-8-5-9-19-41)62(44-22-12-7-13-23-44)48-34-37-53-51-25-15-17-27-56(51)60(3,4)58(53)40-48/h5-20,22-28,30-37,42-43,46,48,57H,21,29,38-40H2,1-4H3. The summed E-state index contributed by atoms with van der Waals surface area (Å²) in [6.45, 7) is 9.75. The lowest BCUT2D eigenvalue weighted by molar-refractivity contribution is 0.317. The van der Waals surface area contributed by atoms with Gasteiger partial charge in [-0.15, -0.1) is 0 Å². The lowest BCUT2D eigenvalue weighted by atomic mass is 9.73. The molecule has 2 nitrogen and oxygen atoms in total. The second-order valence-electron chi connectivity index (χ2n) is 19.5. The number of rotatable bonds is 8. The fraction of sp³-hybridized carbons (Fsp3) is 0.267. The molecular weight excluding hydrogens is 749 g/mol. The lowest BCUT2D eigenvalue weighted by Gasteiger charge is -2.43. The van der Waals surface area contributed by atoms with Crippen LogP contribution in [0.15, 0.2) is 211 Å². The highest BCUT2D eigenvalue weighted by molar-refractivity contribution is 5.87. The van der Waals surface area contributed by atoms with E-state index < -0.39 is 0 Å². The van der Waals surface area contributed by atoms with Gasteiger partial charge in [0.05, 0.1) is 18.1 Å². The number of nitrogens with zero attached hydrogens (tertiary/aromatic N) is 2. The molecule has 0 fully saturated rings. The van der Waals surface area contributed by atoms with E-state index in [0.29, 0.717) is 17.9 Å². The Hall–Kier alpha value is -6.12. The van der Waals surface area contributed by atoms with Crippen LogP contribution in [-0.4, -0.2) is 23.0 Å². The summed E-state index contributed by atoms with van der Waals surface area (Å²) in [5.74, 6) is 0.764. The Morgan fingerprint density at radius 1 is 0.581 bits per heavy atom. The summed E-state index contributed by atoms with van der Waals surface area (Å²) >= 11 is 0. The minimum Gasteiger partial charge on any atom is -0.358 e. The molecule has 0 saturated heterocycles. The van der Waals surface area contributed by atoms with Crippen LogP contribution in [0.3, 0.4) is 0 Å². The molecular formula is C60H58N2. The van der Waals surface area contributed by atoms with Crippen LogP contribution in [0.1, 0.15) is 87.6 Å². The smallest absolute Gasteiger partial charge is 0.0556 e. The maximum Gasteiger partial charge on any atom is 0.0556 e. The molecule has 5 atom stereocenters. The third-order valence-corrected chi connectivity index (χ3v) is 15.4. The predicted molar refractivity (Wildman–Crippen MR) is 261 cm³/mol. The van der Waals surface area contributed by atoms with Crippen molar-refractivity contribution in [1.82, 2.24) is 4.90 Å². The third kappa shape index (κ3) is 6.45. The zero-order valence-electron chi connectivity index (χ0n) is 36.7. The molecule has 5 unspecified atom stereocenters. The number of fused-ring (bicyclic) bond motifs is 5. The minimum atomic E-state index is 0.00727. The van der Waals surface area contributed by atoms with Crippen molar-refractivity contribution in [2.24, 2.45) is 11.8 Å². The van der Waals surface area contributed by atoms with E-state index in [4.69, 9.17) is 0 Å². The lowest BCUT2D eigenvalue weighted by Crippen LogP contribution is -2.44. The molecule has 11 rings (SSSR count). The quantitative estimate of drug-likeness (QED) is 0.175. The number of para-hydroxylation sites is 1. The van der Waals surface area contributed by atoms with Crippen LogP contribution >= 0.6 is 0 Å². The Labute approximate surface area is 369 Å². The average Bonchev–Trinajstić information content (AvgIpc) is 3.69. The molecule has 0 radical (unpaired) electrons. The van der Waals surface area contributed by atoms with Gasteiger partial charge in [-0.1, -0.05) is 192 Å². The minimum absolute atomic E-state index is 0.00727. The van der Waals surface area contributed by atoms with Crippen LogP contribution in [0.25, 0.3) is 16.7 Å². The summed E-state index contributed by atoms with van der Waals surface area (Å²) in [5.41, 5.74) is 18.7. The summed E-state index contributed by atoms with van der Waals surface area (Å²) in [6, 6.07) is 41.3. The molecule has 62 heavy (non-hydrogen) atoms. The predicted octanol–water partition coefficient (Wildman–Crippen LogP) is 14.3. The Balaban J connectivity index is 0.902. The van der Waals surface area contributed by atoms with E-state index in [1.807, 2.05) is 0 Å². The van der Waals surface area contributed by atoms with Crippen LogP contribution < -0.4 is 4.90 Å². The molecule has 0 bridgehead atoms. The Kier molecular flexibility index (Phi) is 9.60. The number of anilines is 1. The Bertz CT molecular complexity index is 2740. The molecule has 0 N–H and O–H groups in total. The van der Waals surface area contributed by atoms with Crippen molar-refractivity contribution in [2.75, 3.05) is 4.90 Å². The SMILES string of the molecule is CC1(C)C2=C(C=CC(N(c3ccccc3)C3C=CC(C4C=CC(N(C5=CC=C6c7ccccc7C(C)(C)C6C5)C5C=CC=CC5)=CC4)=C(c4ccccc4)C3)C2)c2ccccc21. The van der Waals surface area contributed by atoms with Crippen molar-refractivity contribution in [3.05, 3.63) is 239 Å². The van der Waals surface area contributed by atoms with Gasteiger partial charge in [0.2, 0.25) is 0 Å². The van der Waals surface area contributed by atoms with Gasteiger partial charge < -0.3 is 9.80 Å². The molecule has 0 saturated carbocycles. The van der Waals surface area contributed by atoms with Crippen molar-refractivity contribution >= 4 is 22.4 Å². The molecule has 0 amide bonds. The first kappa shape index (κ1) is 38.8. The van der Waals surface area contributed by atoms with Gasteiger partial charge in [-0.25, -0.2) is 0 Å². The molecule has 4 aromatic carbocycles. The van der Waals surface area contributed by atoms with Crippen molar-refractivity contribution < 1.29 is 0 Å². The monoisotopic (exact) mass is 806 g/mol. The van der Waals surface area contributed by atoms with E-state index in [0.717, 1.165) is 32.1 Å². The van der Waals surface area contributed by atoms with Crippen molar-refractivity contribution in [1.29, 1.82) is 0 Å². The molecule has 7 aliphatic carbocycles. The van der Waals surface area contributed by atoms with Gasteiger partial charge in [0.15, 0.2) is 0 Å². The van der Waals surface area contributed by atoms with Crippen molar-refractivity contribution in [3.63, 3.8) is 0 Å². The van der Waals surface area contributed by atoms with Gasteiger partial charge in [0.1, 0.15) is 0 Å². The highest BCUT2D eigenvalue weighted by atomic mass is 15.2. The molecule has 308 valence electrons. The summed E-state index contributed by atoms with van der Waals surface area (Å²) in [6.07, 6.45) is 36.5. The molecule has 4 aromatic rings. The van der Waals surface area contributed by atoms with Crippen LogP contribution in [0, 0.1) is 11.8 Å². The van der Waals surface area contributed by atoms with E-state index in [1.165, 1.54) is 67.2 Å². The maximum absolute atomic E-state index is 2.72. The molecule has 0 spiro atoms. The van der Waals surface area contributed by atoms with Gasteiger partial charge in [-0.05, 0) is 123 Å². The molecule has 7 aliphatic rings. The summed E-state index contributed by atoms with van der Waals surface area (Å²) in [7, 11) is 0. The van der Waals surface area contributed by atoms with Crippen LogP contribution in [-0.2, 0) is 10.8 Å². The first-order valence-electron chi connectivity index (χ1n) is 23.1. The molecule has 0 heterocycles. The number of benzene rings is 4. The summed E-state index contributed by atoms with van der Waals surface area (Å²) in [5, 5.41) is 0. The fourth-order valence-electron chi connectivity index (χ4n) is 12.2. The molecule has 2 heteroatoms. The van der Waals surface area contributed by atoms with E-state index in [-0.39, 0.29) is 22.9 Å². The number of hydrogen-bond acceptors (Lipinski definition) is 2. The Morgan fingerprint density at radius 3 is 2.05 bits per heavy atom. The normalized spacial score (nSPS) is 26.0. The van der Waals surface area contributed by atoms with Crippen LogP contribution in [0.5, 0.6) is 0 Å². The zero-order valence-corrected chi connectivity index (χ0v) is 36.7. The first-order chi connectivity index (χ1) is 30.3. The molecule has 0 aromatic heterocycles. The van der Waals surface area contributed by atoms with E-state index in [2.05, 4.69) is 226 Å². The third-order valence-electron chi connectivity index (χ3n) is 15.4. The highest BCUT2D eigenvalue weighted by Gasteiger charge is 2.45. The van der Waals surface area contributed by atoms with E-state index >= 15 is 0 Å². The maximum atomic E-state index is 2.72. The number of hydrogen-bond donors (Lipinski definition) is 0. The van der Waals surface area contributed by atoms with Crippen LogP contribution in [0.4, 0.5) is 5.69 Å².